The Morgan fingerprint density at radius 3 is 2.91 bits per heavy atom. The Bertz CT molecular complexity index is 600. The number of carbonyl (C=O) groups is 2. The van der Waals surface area contributed by atoms with Crippen LogP contribution in [0.2, 0.25) is 0 Å². The number of carbonyl (C=O) groups excluding carboxylic acids is 2. The third-order valence-corrected chi connectivity index (χ3v) is 2.97. The van der Waals surface area contributed by atoms with Crippen LogP contribution in [0, 0.1) is 15.9 Å². The predicted octanol–water partition coefficient (Wildman–Crippen LogP) is 1.39. The van der Waals surface area contributed by atoms with Gasteiger partial charge in [-0.1, -0.05) is 0 Å². The molecule has 0 saturated carbocycles. The van der Waals surface area contributed by atoms with Crippen LogP contribution in [0.25, 0.3) is 0 Å². The average molecular weight is 312 g/mol. The molecule has 118 valence electrons. The molecule has 0 unspecified atom stereocenters. The molecule has 1 amide bonds. The highest BCUT2D eigenvalue weighted by Gasteiger charge is 2.25. The molecule has 1 aromatic carbocycles. The number of non-ortho nitro benzene ring substituents is 1. The van der Waals surface area contributed by atoms with E-state index in [-0.39, 0.29) is 11.4 Å². The monoisotopic (exact) mass is 312 g/mol. The number of nitro groups is 1. The number of hydrogen-bond acceptors (Lipinski definition) is 6. The van der Waals surface area contributed by atoms with Crippen molar-refractivity contribution in [2.75, 3.05) is 18.5 Å². The molecule has 1 heterocycles. The summed E-state index contributed by atoms with van der Waals surface area (Å²) in [5, 5.41) is 12.7. The van der Waals surface area contributed by atoms with Crippen LogP contribution < -0.4 is 5.32 Å². The zero-order valence-corrected chi connectivity index (χ0v) is 11.4. The number of nitro benzene ring substituents is 1. The van der Waals surface area contributed by atoms with Crippen molar-refractivity contribution in [1.29, 1.82) is 0 Å². The van der Waals surface area contributed by atoms with Gasteiger partial charge in [0.25, 0.3) is 11.6 Å². The van der Waals surface area contributed by atoms with E-state index in [0.29, 0.717) is 13.0 Å². The highest BCUT2D eigenvalue weighted by Crippen LogP contribution is 2.21. The molecule has 1 N–H and O–H groups in total. The molecule has 1 aliphatic heterocycles. The number of amides is 1. The highest BCUT2D eigenvalue weighted by atomic mass is 19.1. The Kier molecular flexibility index (Phi) is 4.99. The van der Waals surface area contributed by atoms with Crippen molar-refractivity contribution in [3.63, 3.8) is 0 Å². The smallest absolute Gasteiger partial charge is 0.335 e. The van der Waals surface area contributed by atoms with Gasteiger partial charge in [0.05, 0.1) is 10.6 Å². The summed E-state index contributed by atoms with van der Waals surface area (Å²) in [5.41, 5.74) is -0.722. The second-order valence-electron chi connectivity index (χ2n) is 4.58. The third-order valence-electron chi connectivity index (χ3n) is 2.97. The second-order valence-corrected chi connectivity index (χ2v) is 4.58. The van der Waals surface area contributed by atoms with E-state index in [1.165, 1.54) is 0 Å². The molecule has 9 heteroatoms. The van der Waals surface area contributed by atoms with E-state index >= 15 is 0 Å². The molecule has 1 saturated heterocycles. The second kappa shape index (κ2) is 6.94. The third kappa shape index (κ3) is 3.98. The van der Waals surface area contributed by atoms with Crippen molar-refractivity contribution in [2.45, 2.75) is 18.9 Å². The first-order valence-electron chi connectivity index (χ1n) is 6.49. The van der Waals surface area contributed by atoms with E-state index in [2.05, 4.69) is 5.32 Å². The number of anilines is 1. The number of rotatable bonds is 5. The fourth-order valence-corrected chi connectivity index (χ4v) is 1.90. The van der Waals surface area contributed by atoms with E-state index in [1.54, 1.807) is 0 Å². The Labute approximate surface area is 124 Å². The number of ether oxygens (including phenoxy) is 2. The molecule has 1 aliphatic rings. The number of benzene rings is 1. The minimum Gasteiger partial charge on any atom is -0.454 e. The normalized spacial score (nSPS) is 17.0. The van der Waals surface area contributed by atoms with Crippen molar-refractivity contribution in [1.82, 2.24) is 0 Å². The lowest BCUT2D eigenvalue weighted by Crippen LogP contribution is -2.27. The van der Waals surface area contributed by atoms with Crippen molar-refractivity contribution in [3.8, 4) is 0 Å². The van der Waals surface area contributed by atoms with Gasteiger partial charge in [0.1, 0.15) is 5.82 Å². The van der Waals surface area contributed by atoms with Crippen molar-refractivity contribution in [2.24, 2.45) is 0 Å². The van der Waals surface area contributed by atoms with Crippen molar-refractivity contribution < 1.29 is 28.4 Å². The van der Waals surface area contributed by atoms with Gasteiger partial charge < -0.3 is 14.8 Å². The van der Waals surface area contributed by atoms with Crippen LogP contribution in [0.15, 0.2) is 18.2 Å². The molecule has 1 aromatic rings. The van der Waals surface area contributed by atoms with Crippen LogP contribution in [0.1, 0.15) is 12.8 Å². The molecule has 0 spiro atoms. The van der Waals surface area contributed by atoms with Gasteiger partial charge in [-0.3, -0.25) is 14.9 Å². The quantitative estimate of drug-likeness (QED) is 0.500. The minimum atomic E-state index is -0.829. The van der Waals surface area contributed by atoms with Crippen molar-refractivity contribution >= 4 is 23.3 Å². The molecular formula is C13H13FN2O6. The van der Waals surface area contributed by atoms with Gasteiger partial charge in [-0.25, -0.2) is 9.18 Å². The first kappa shape index (κ1) is 15.8. The first-order chi connectivity index (χ1) is 10.5. The molecule has 22 heavy (non-hydrogen) atoms. The number of nitrogens with zero attached hydrogens (tertiary/aromatic N) is 1. The maximum Gasteiger partial charge on any atom is 0.335 e. The Morgan fingerprint density at radius 1 is 1.50 bits per heavy atom. The summed E-state index contributed by atoms with van der Waals surface area (Å²) in [7, 11) is 0. The van der Waals surface area contributed by atoms with Gasteiger partial charge in [0.15, 0.2) is 12.7 Å². The van der Waals surface area contributed by atoms with Crippen LogP contribution in [0.4, 0.5) is 15.8 Å². The van der Waals surface area contributed by atoms with E-state index < -0.39 is 35.3 Å². The molecular weight excluding hydrogens is 299 g/mol. The van der Waals surface area contributed by atoms with E-state index in [0.717, 1.165) is 24.6 Å². The summed E-state index contributed by atoms with van der Waals surface area (Å²) in [4.78, 5) is 33.0. The molecule has 1 fully saturated rings. The first-order valence-corrected chi connectivity index (χ1v) is 6.49. The standard InChI is InChI=1S/C13H13FN2O6/c14-9-4-3-8(16(19)20)6-10(9)15-12(17)7-22-13(18)11-2-1-5-21-11/h3-4,6,11H,1-2,5,7H2,(H,15,17)/t11-/m0/s1. The summed E-state index contributed by atoms with van der Waals surface area (Å²) in [6, 6.07) is 2.73. The topological polar surface area (TPSA) is 108 Å². The molecule has 0 aliphatic carbocycles. The van der Waals surface area contributed by atoms with E-state index in [1.807, 2.05) is 0 Å². The fourth-order valence-electron chi connectivity index (χ4n) is 1.90. The summed E-state index contributed by atoms with van der Waals surface area (Å²) in [6.07, 6.45) is 0.590. The molecule has 0 bridgehead atoms. The van der Waals surface area contributed by atoms with Crippen LogP contribution in [-0.2, 0) is 19.1 Å². The predicted molar refractivity (Wildman–Crippen MR) is 71.6 cm³/mol. The summed E-state index contributed by atoms with van der Waals surface area (Å²) >= 11 is 0. The number of nitrogens with one attached hydrogen (secondary N) is 1. The number of esters is 1. The van der Waals surface area contributed by atoms with Gasteiger partial charge in [0.2, 0.25) is 0 Å². The Morgan fingerprint density at radius 2 is 2.27 bits per heavy atom. The number of hydrogen-bond donors (Lipinski definition) is 1. The summed E-state index contributed by atoms with van der Waals surface area (Å²) in [6.45, 7) is -0.161. The van der Waals surface area contributed by atoms with Gasteiger partial charge in [0, 0.05) is 18.7 Å². The highest BCUT2D eigenvalue weighted by molar-refractivity contribution is 5.93. The van der Waals surface area contributed by atoms with Gasteiger partial charge >= 0.3 is 5.97 Å². The fraction of sp³-hybridized carbons (Fsp3) is 0.385. The minimum absolute atomic E-state index is 0.354. The zero-order chi connectivity index (χ0) is 16.1. The van der Waals surface area contributed by atoms with Crippen LogP contribution in [0.3, 0.4) is 0 Å². The SMILES string of the molecule is O=C(COC(=O)[C@@H]1CCCO1)Nc1cc([N+](=O)[O-])ccc1F. The zero-order valence-electron chi connectivity index (χ0n) is 11.4. The maximum absolute atomic E-state index is 13.5. The van der Waals surface area contributed by atoms with Gasteiger partial charge in [-0.05, 0) is 18.9 Å². The molecule has 2 rings (SSSR count). The maximum atomic E-state index is 13.5. The molecule has 0 radical (unpaired) electrons. The van der Waals surface area contributed by atoms with Crippen molar-refractivity contribution in [3.05, 3.63) is 34.1 Å². The lowest BCUT2D eigenvalue weighted by Gasteiger charge is -2.10. The van der Waals surface area contributed by atoms with Gasteiger partial charge in [-0.15, -0.1) is 0 Å². The Balaban J connectivity index is 1.90. The summed E-state index contributed by atoms with van der Waals surface area (Å²) < 4.78 is 23.3. The van der Waals surface area contributed by atoms with Crippen LogP contribution >= 0.6 is 0 Å². The lowest BCUT2D eigenvalue weighted by atomic mass is 10.2. The van der Waals surface area contributed by atoms with Crippen LogP contribution in [-0.4, -0.2) is 36.1 Å². The van der Waals surface area contributed by atoms with Crippen LogP contribution in [0.5, 0.6) is 0 Å². The molecule has 0 aromatic heterocycles. The largest absolute Gasteiger partial charge is 0.454 e. The average Bonchev–Trinajstić information content (AvgIpc) is 3.01. The van der Waals surface area contributed by atoms with E-state index in [4.69, 9.17) is 9.47 Å². The number of halogens is 1. The molecule has 1 atom stereocenters. The lowest BCUT2D eigenvalue weighted by molar-refractivity contribution is -0.384. The summed E-state index contributed by atoms with van der Waals surface area (Å²) in [5.74, 6) is -2.29. The Hall–Kier alpha value is -2.55. The molecule has 8 nitrogen and oxygen atoms in total. The van der Waals surface area contributed by atoms with E-state index in [9.17, 15) is 24.1 Å². The van der Waals surface area contributed by atoms with Gasteiger partial charge in [-0.2, -0.15) is 0 Å².